The first kappa shape index (κ1) is 16.8. The van der Waals surface area contributed by atoms with E-state index in [1.807, 2.05) is 0 Å². The van der Waals surface area contributed by atoms with E-state index >= 15 is 0 Å². The van der Waals surface area contributed by atoms with Gasteiger partial charge in [-0.3, -0.25) is 0 Å². The Morgan fingerprint density at radius 1 is 0.889 bits per heavy atom. The van der Waals surface area contributed by atoms with E-state index in [1.54, 1.807) is 23.4 Å². The molecule has 2 nitrogen and oxygen atoms in total. The number of hydrogen-bond donors (Lipinski definition) is 0. The van der Waals surface area contributed by atoms with Gasteiger partial charge in [0, 0.05) is 0 Å². The Morgan fingerprint density at radius 3 is 1.44 bits per heavy atom. The Morgan fingerprint density at radius 2 is 1.33 bits per heavy atom. The second kappa shape index (κ2) is 12.2. The summed E-state index contributed by atoms with van der Waals surface area (Å²) < 4.78 is 0. The van der Waals surface area contributed by atoms with Gasteiger partial charge >= 0.3 is 29.6 Å². The molecule has 1 aliphatic rings. The normalized spacial score (nSPS) is 15.1. The summed E-state index contributed by atoms with van der Waals surface area (Å²) in [5.74, 6) is 0. The van der Waals surface area contributed by atoms with Crippen molar-refractivity contribution in [3.8, 4) is 0 Å². The fourth-order valence-electron chi connectivity index (χ4n) is 1.06. The molecule has 0 aliphatic carbocycles. The van der Waals surface area contributed by atoms with Gasteiger partial charge in [-0.2, -0.15) is 0 Å². The Bertz CT molecular complexity index is 35.1. The summed E-state index contributed by atoms with van der Waals surface area (Å²) in [7, 11) is 0. The van der Waals surface area contributed by atoms with Crippen molar-refractivity contribution in [2.75, 3.05) is 0 Å². The maximum atomic E-state index is 1.64. The molecule has 9 heavy (non-hydrogen) atoms. The van der Waals surface area contributed by atoms with E-state index in [0.717, 1.165) is 0 Å². The predicted octanol–water partition coefficient (Wildman–Crippen LogP) is -3.09. The largest absolute Gasteiger partial charge is 1.00 e. The van der Waals surface area contributed by atoms with E-state index < -0.39 is 0 Å². The van der Waals surface area contributed by atoms with Crippen LogP contribution in [0.15, 0.2) is 0 Å². The van der Waals surface area contributed by atoms with Crippen LogP contribution in [0.5, 0.6) is 0 Å². The Balaban J connectivity index is -0.0000000450. The summed E-state index contributed by atoms with van der Waals surface area (Å²) in [4.78, 5) is 0. The van der Waals surface area contributed by atoms with Gasteiger partial charge in [-0.15, -0.1) is 0 Å². The third-order valence-corrected chi connectivity index (χ3v) is 3.50. The van der Waals surface area contributed by atoms with Crippen molar-refractivity contribution in [2.45, 2.75) is 29.8 Å². The second-order valence-corrected chi connectivity index (χ2v) is 4.24. The molecule has 1 fully saturated rings. The van der Waals surface area contributed by atoms with Gasteiger partial charge in [0.2, 0.25) is 15.2 Å². The zero-order valence-electron chi connectivity index (χ0n) is 7.24. The Hall–Kier alpha value is 1.45. The smallest absolute Gasteiger partial charge is 1.00 e. The van der Waals surface area contributed by atoms with Gasteiger partial charge < -0.3 is 12.4 Å². The molecule has 0 unspecified atom stereocenters. The molecule has 0 spiro atoms. The SMILES string of the molecule is C1C[CH2][AlH][CH2]C1.O.O.[H-].[Na+]. The standard InChI is InChI=1S/C5H10.Al.Na.2H2O.2H/c1-3-5-4-2;;;;;;/h1-5H2;;;2*1H2;;/q;;+1;;;;-1. The first-order valence-electron chi connectivity index (χ1n) is 3.00. The fraction of sp³-hybridized carbons (Fsp3) is 1.00. The van der Waals surface area contributed by atoms with Gasteiger partial charge in [0.05, 0.1) is 0 Å². The van der Waals surface area contributed by atoms with E-state index in [-0.39, 0.29) is 41.9 Å². The second-order valence-electron chi connectivity index (χ2n) is 2.12. The fourth-order valence-corrected chi connectivity index (χ4v) is 2.83. The van der Waals surface area contributed by atoms with Crippen LogP contribution in [0.25, 0.3) is 0 Å². The van der Waals surface area contributed by atoms with Crippen LogP contribution in [0.2, 0.25) is 10.6 Å². The summed E-state index contributed by atoms with van der Waals surface area (Å²) in [6.45, 7) is 0. The third kappa shape index (κ3) is 9.45. The summed E-state index contributed by atoms with van der Waals surface area (Å²) >= 11 is 0.508. The first-order valence-corrected chi connectivity index (χ1v) is 5.00. The Kier molecular flexibility index (Phi) is 22.7. The van der Waals surface area contributed by atoms with Crippen molar-refractivity contribution in [3.05, 3.63) is 0 Å². The molecule has 0 atom stereocenters. The number of hydrogen-bond acceptors (Lipinski definition) is 0. The van der Waals surface area contributed by atoms with Gasteiger partial charge in [-0.1, -0.05) is 29.8 Å². The summed E-state index contributed by atoms with van der Waals surface area (Å²) in [6.07, 6.45) is 4.66. The van der Waals surface area contributed by atoms with Crippen molar-refractivity contribution >= 4 is 15.2 Å². The van der Waals surface area contributed by atoms with Crippen LogP contribution in [0.3, 0.4) is 0 Å². The maximum Gasteiger partial charge on any atom is 1.00 e. The van der Waals surface area contributed by atoms with E-state index in [4.69, 9.17) is 0 Å². The number of rotatable bonds is 0. The van der Waals surface area contributed by atoms with Crippen molar-refractivity contribution < 1.29 is 41.9 Å². The monoisotopic (exact) mass is 158 g/mol. The van der Waals surface area contributed by atoms with Crippen molar-refractivity contribution in [3.63, 3.8) is 0 Å². The van der Waals surface area contributed by atoms with Crippen LogP contribution in [0.1, 0.15) is 20.7 Å². The van der Waals surface area contributed by atoms with Crippen molar-refractivity contribution in [2.24, 2.45) is 0 Å². The van der Waals surface area contributed by atoms with Gasteiger partial charge in [0.1, 0.15) is 0 Å². The average molecular weight is 158 g/mol. The molecule has 0 radical (unpaired) electrons. The molecular formula is C5H16AlNaO2. The van der Waals surface area contributed by atoms with Crippen LogP contribution in [0.4, 0.5) is 0 Å². The minimum absolute atomic E-state index is 0. The van der Waals surface area contributed by atoms with Gasteiger partial charge in [0.25, 0.3) is 0 Å². The molecule has 0 aromatic heterocycles. The summed E-state index contributed by atoms with van der Waals surface area (Å²) in [6, 6.07) is 0. The third-order valence-electron chi connectivity index (χ3n) is 1.50. The molecule has 0 aromatic carbocycles. The quantitative estimate of drug-likeness (QED) is 0.335. The molecule has 0 saturated carbocycles. The van der Waals surface area contributed by atoms with Crippen LogP contribution in [-0.4, -0.2) is 26.2 Å². The Labute approximate surface area is 86.5 Å². The summed E-state index contributed by atoms with van der Waals surface area (Å²) in [5, 5.41) is 3.28. The maximum absolute atomic E-state index is 1.64. The van der Waals surface area contributed by atoms with E-state index in [9.17, 15) is 0 Å². The van der Waals surface area contributed by atoms with Crippen LogP contribution >= 0.6 is 0 Å². The van der Waals surface area contributed by atoms with Crippen LogP contribution in [0, 0.1) is 0 Å². The molecule has 52 valence electrons. The minimum Gasteiger partial charge on any atom is -1.00 e. The van der Waals surface area contributed by atoms with Crippen LogP contribution in [-0.2, 0) is 0 Å². The van der Waals surface area contributed by atoms with Crippen molar-refractivity contribution in [1.82, 2.24) is 0 Å². The van der Waals surface area contributed by atoms with Crippen LogP contribution < -0.4 is 29.6 Å². The topological polar surface area (TPSA) is 63.0 Å². The first-order chi connectivity index (χ1) is 3.00. The molecule has 4 N–H and O–H groups in total. The van der Waals surface area contributed by atoms with Gasteiger partial charge in [0.15, 0.2) is 0 Å². The van der Waals surface area contributed by atoms with Gasteiger partial charge in [-0.25, -0.2) is 0 Å². The molecule has 1 saturated heterocycles. The van der Waals surface area contributed by atoms with E-state index in [0.29, 0.717) is 15.2 Å². The summed E-state index contributed by atoms with van der Waals surface area (Å²) in [5.41, 5.74) is 0. The molecular weight excluding hydrogens is 142 g/mol. The minimum atomic E-state index is 0. The zero-order valence-corrected chi connectivity index (χ0v) is 9.66. The molecule has 4 heteroatoms. The molecule has 1 rings (SSSR count). The van der Waals surface area contributed by atoms with E-state index in [1.165, 1.54) is 6.42 Å². The predicted molar refractivity (Wildman–Crippen MR) is 39.0 cm³/mol. The van der Waals surface area contributed by atoms with Gasteiger partial charge in [-0.05, 0) is 0 Å². The molecule has 1 aliphatic heterocycles. The molecule has 0 aromatic rings. The van der Waals surface area contributed by atoms with E-state index in [2.05, 4.69) is 0 Å². The molecule has 0 bridgehead atoms. The van der Waals surface area contributed by atoms with Crippen molar-refractivity contribution in [1.29, 1.82) is 0 Å². The zero-order chi connectivity index (χ0) is 4.24. The average Bonchev–Trinajstić information content (AvgIpc) is 1.72. The molecule has 0 amide bonds. The molecule has 1 heterocycles.